The summed E-state index contributed by atoms with van der Waals surface area (Å²) in [5, 5.41) is 2.70. The number of nitrogens with zero attached hydrogens (tertiary/aromatic N) is 1. The van der Waals surface area contributed by atoms with Crippen molar-refractivity contribution in [3.05, 3.63) is 70.8 Å². The van der Waals surface area contributed by atoms with Crippen molar-refractivity contribution in [1.82, 2.24) is 10.2 Å². The fourth-order valence-electron chi connectivity index (χ4n) is 3.14. The third-order valence-corrected chi connectivity index (χ3v) is 5.03. The molecule has 0 aromatic heterocycles. The van der Waals surface area contributed by atoms with Crippen molar-refractivity contribution in [3.63, 3.8) is 0 Å². The topological polar surface area (TPSA) is 92.8 Å². The number of amides is 3. The molecule has 1 unspecified atom stereocenters. The van der Waals surface area contributed by atoms with Crippen molar-refractivity contribution in [3.8, 4) is 0 Å². The van der Waals surface area contributed by atoms with Gasteiger partial charge < -0.3 is 10.1 Å². The van der Waals surface area contributed by atoms with Crippen LogP contribution in [0.3, 0.4) is 0 Å². The zero-order chi connectivity index (χ0) is 21.7. The number of imide groups is 1. The lowest BCUT2D eigenvalue weighted by Crippen LogP contribution is -2.35. The van der Waals surface area contributed by atoms with E-state index in [0.717, 1.165) is 12.0 Å². The molecule has 1 atom stereocenters. The van der Waals surface area contributed by atoms with E-state index in [4.69, 9.17) is 4.74 Å². The van der Waals surface area contributed by atoms with Gasteiger partial charge in [-0.1, -0.05) is 37.3 Å². The molecule has 1 aliphatic heterocycles. The van der Waals surface area contributed by atoms with Crippen molar-refractivity contribution in [2.24, 2.45) is 0 Å². The molecule has 0 bridgehead atoms. The Morgan fingerprint density at radius 3 is 2.43 bits per heavy atom. The molecule has 1 N–H and O–H groups in total. The Labute approximate surface area is 175 Å². The minimum absolute atomic E-state index is 0.0123. The molecule has 0 aliphatic carbocycles. The van der Waals surface area contributed by atoms with E-state index in [9.17, 15) is 19.2 Å². The van der Waals surface area contributed by atoms with Gasteiger partial charge in [0.25, 0.3) is 17.7 Å². The van der Waals surface area contributed by atoms with Gasteiger partial charge in [0.2, 0.25) is 0 Å². The molecule has 7 nitrogen and oxygen atoms in total. The Bertz CT molecular complexity index is 971. The summed E-state index contributed by atoms with van der Waals surface area (Å²) in [7, 11) is 0. The highest BCUT2D eigenvalue weighted by molar-refractivity contribution is 6.22. The van der Waals surface area contributed by atoms with Crippen LogP contribution in [0, 0.1) is 0 Å². The first-order valence-electron chi connectivity index (χ1n) is 9.91. The molecule has 1 aliphatic rings. The molecule has 0 saturated heterocycles. The maximum absolute atomic E-state index is 12.7. The molecule has 3 amide bonds. The van der Waals surface area contributed by atoms with Gasteiger partial charge in [-0.15, -0.1) is 0 Å². The first-order chi connectivity index (χ1) is 14.4. The lowest BCUT2D eigenvalue weighted by molar-refractivity contribution is -0.124. The predicted octanol–water partition coefficient (Wildman–Crippen LogP) is 2.60. The average Bonchev–Trinajstić information content (AvgIpc) is 3.00. The van der Waals surface area contributed by atoms with Crippen LogP contribution >= 0.6 is 0 Å². The van der Waals surface area contributed by atoms with Crippen molar-refractivity contribution in [2.75, 3.05) is 13.2 Å². The van der Waals surface area contributed by atoms with E-state index < -0.39 is 24.4 Å². The van der Waals surface area contributed by atoms with Crippen molar-refractivity contribution < 1.29 is 23.9 Å². The van der Waals surface area contributed by atoms with Crippen LogP contribution < -0.4 is 5.32 Å². The van der Waals surface area contributed by atoms with E-state index in [0.29, 0.717) is 6.42 Å². The van der Waals surface area contributed by atoms with Crippen LogP contribution in [0.15, 0.2) is 48.5 Å². The van der Waals surface area contributed by atoms with E-state index in [1.165, 1.54) is 23.1 Å². The molecule has 0 spiro atoms. The summed E-state index contributed by atoms with van der Waals surface area (Å²) in [6.07, 6.45) is 1.31. The van der Waals surface area contributed by atoms with Crippen molar-refractivity contribution in [2.45, 2.75) is 32.7 Å². The van der Waals surface area contributed by atoms with Gasteiger partial charge in [0.15, 0.2) is 6.61 Å². The van der Waals surface area contributed by atoms with Crippen LogP contribution in [0.5, 0.6) is 0 Å². The maximum Gasteiger partial charge on any atom is 0.338 e. The summed E-state index contributed by atoms with van der Waals surface area (Å²) in [6.45, 7) is 3.64. The minimum atomic E-state index is -0.722. The molecular weight excluding hydrogens is 384 g/mol. The SMILES string of the molecule is CCC(C)NC(=O)COC(=O)c1ccc2c(c1)C(=O)N(CCc1ccccc1)C2=O. The second kappa shape index (κ2) is 9.35. The number of fused-ring (bicyclic) bond motifs is 1. The third-order valence-electron chi connectivity index (χ3n) is 5.03. The van der Waals surface area contributed by atoms with Gasteiger partial charge in [0.05, 0.1) is 16.7 Å². The highest BCUT2D eigenvalue weighted by atomic mass is 16.5. The second-order valence-corrected chi connectivity index (χ2v) is 7.21. The molecule has 156 valence electrons. The van der Waals surface area contributed by atoms with Gasteiger partial charge in [-0.3, -0.25) is 19.3 Å². The van der Waals surface area contributed by atoms with Crippen molar-refractivity contribution >= 4 is 23.7 Å². The summed E-state index contributed by atoms with van der Waals surface area (Å²) >= 11 is 0. The zero-order valence-corrected chi connectivity index (χ0v) is 17.0. The number of nitrogens with one attached hydrogen (secondary N) is 1. The van der Waals surface area contributed by atoms with Crippen LogP contribution in [0.1, 0.15) is 56.9 Å². The van der Waals surface area contributed by atoms with Crippen LogP contribution in [0.4, 0.5) is 0 Å². The number of carbonyl (C=O) groups is 4. The summed E-state index contributed by atoms with van der Waals surface area (Å²) < 4.78 is 5.03. The summed E-state index contributed by atoms with van der Waals surface area (Å²) in [4.78, 5) is 50.5. The highest BCUT2D eigenvalue weighted by Crippen LogP contribution is 2.24. The number of carbonyl (C=O) groups excluding carboxylic acids is 4. The smallest absolute Gasteiger partial charge is 0.338 e. The monoisotopic (exact) mass is 408 g/mol. The number of ether oxygens (including phenoxy) is 1. The van der Waals surface area contributed by atoms with E-state index in [2.05, 4.69) is 5.32 Å². The molecule has 0 fully saturated rings. The van der Waals surface area contributed by atoms with Crippen molar-refractivity contribution in [1.29, 1.82) is 0 Å². The first kappa shape index (κ1) is 21.2. The van der Waals surface area contributed by atoms with Crippen LogP contribution in [-0.4, -0.2) is 47.8 Å². The molecule has 7 heteroatoms. The Morgan fingerprint density at radius 1 is 1.03 bits per heavy atom. The Kier molecular flexibility index (Phi) is 6.61. The third kappa shape index (κ3) is 4.74. The molecule has 1 heterocycles. The maximum atomic E-state index is 12.7. The Morgan fingerprint density at radius 2 is 1.73 bits per heavy atom. The van der Waals surface area contributed by atoms with E-state index in [1.807, 2.05) is 44.2 Å². The van der Waals surface area contributed by atoms with Crippen LogP contribution in [0.25, 0.3) is 0 Å². The normalized spacial score (nSPS) is 13.7. The molecule has 30 heavy (non-hydrogen) atoms. The van der Waals surface area contributed by atoms with Gasteiger partial charge in [0, 0.05) is 12.6 Å². The standard InChI is InChI=1S/C23H24N2O5/c1-3-15(2)24-20(26)14-30-23(29)17-9-10-18-19(13-17)22(28)25(21(18)27)12-11-16-7-5-4-6-8-16/h4-10,13,15H,3,11-12,14H2,1-2H3,(H,24,26). The van der Waals surface area contributed by atoms with Crippen LogP contribution in [-0.2, 0) is 16.0 Å². The summed E-state index contributed by atoms with van der Waals surface area (Å²) in [6, 6.07) is 13.8. The van der Waals surface area contributed by atoms with Gasteiger partial charge in [-0.05, 0) is 43.5 Å². The molecule has 2 aromatic rings. The summed E-state index contributed by atoms with van der Waals surface area (Å²) in [5.41, 5.74) is 1.58. The molecule has 0 saturated carbocycles. The molecule has 2 aromatic carbocycles. The minimum Gasteiger partial charge on any atom is -0.452 e. The number of rotatable bonds is 8. The van der Waals surface area contributed by atoms with Gasteiger partial charge in [0.1, 0.15) is 0 Å². The molecule has 0 radical (unpaired) electrons. The fourth-order valence-corrected chi connectivity index (χ4v) is 3.14. The first-order valence-corrected chi connectivity index (χ1v) is 9.91. The number of hydrogen-bond donors (Lipinski definition) is 1. The van der Waals surface area contributed by atoms with Gasteiger partial charge in [-0.25, -0.2) is 4.79 Å². The van der Waals surface area contributed by atoms with Crippen LogP contribution in [0.2, 0.25) is 0 Å². The van der Waals surface area contributed by atoms with E-state index in [-0.39, 0.29) is 35.2 Å². The Hall–Kier alpha value is -3.48. The van der Waals surface area contributed by atoms with E-state index >= 15 is 0 Å². The lowest BCUT2D eigenvalue weighted by atomic mass is 10.1. The average molecular weight is 408 g/mol. The second-order valence-electron chi connectivity index (χ2n) is 7.21. The summed E-state index contributed by atoms with van der Waals surface area (Å²) in [5.74, 6) is -1.92. The predicted molar refractivity (Wildman–Crippen MR) is 110 cm³/mol. The Balaban J connectivity index is 1.64. The van der Waals surface area contributed by atoms with Gasteiger partial charge >= 0.3 is 5.97 Å². The number of esters is 1. The van der Waals surface area contributed by atoms with Gasteiger partial charge in [-0.2, -0.15) is 0 Å². The molecular formula is C23H24N2O5. The zero-order valence-electron chi connectivity index (χ0n) is 17.0. The lowest BCUT2D eigenvalue weighted by Gasteiger charge is -2.13. The fraction of sp³-hybridized carbons (Fsp3) is 0.304. The number of hydrogen-bond acceptors (Lipinski definition) is 5. The molecule has 3 rings (SSSR count). The van der Waals surface area contributed by atoms with E-state index in [1.54, 1.807) is 0 Å². The highest BCUT2D eigenvalue weighted by Gasteiger charge is 2.35. The number of benzene rings is 2. The largest absolute Gasteiger partial charge is 0.452 e. The quantitative estimate of drug-likeness (QED) is 0.535.